The first-order valence-electron chi connectivity index (χ1n) is 8.33. The fraction of sp³-hybridized carbons (Fsp3) is 0.105. The largest absolute Gasteiger partial charge is 0.464 e. The van der Waals surface area contributed by atoms with Crippen LogP contribution in [0.15, 0.2) is 60.0 Å². The summed E-state index contributed by atoms with van der Waals surface area (Å²) in [4.78, 5) is 23.7. The summed E-state index contributed by atoms with van der Waals surface area (Å²) in [5, 5.41) is 0.712. The Hall–Kier alpha value is -3.46. The highest BCUT2D eigenvalue weighted by atomic mass is 32.2. The number of benzene rings is 1. The van der Waals surface area contributed by atoms with Gasteiger partial charge in [0.1, 0.15) is 17.7 Å². The monoisotopic (exact) mass is 396 g/mol. The van der Waals surface area contributed by atoms with Gasteiger partial charge in [-0.25, -0.2) is 27.2 Å². The minimum atomic E-state index is -4.00. The van der Waals surface area contributed by atoms with Crippen molar-refractivity contribution >= 4 is 27.0 Å². The van der Waals surface area contributed by atoms with Gasteiger partial charge in [0.25, 0.3) is 10.0 Å². The number of methoxy groups -OCH3 is 1. The lowest BCUT2D eigenvalue weighted by atomic mass is 10.1. The van der Waals surface area contributed by atoms with E-state index in [9.17, 15) is 13.2 Å². The predicted molar refractivity (Wildman–Crippen MR) is 102 cm³/mol. The number of rotatable bonds is 4. The molecule has 4 rings (SSSR count). The smallest absolute Gasteiger partial charge is 0.355 e. The van der Waals surface area contributed by atoms with Crippen molar-refractivity contribution in [3.05, 3.63) is 66.4 Å². The molecule has 3 aromatic heterocycles. The van der Waals surface area contributed by atoms with Crippen LogP contribution >= 0.6 is 0 Å². The Kier molecular flexibility index (Phi) is 4.23. The Morgan fingerprint density at radius 2 is 1.89 bits per heavy atom. The van der Waals surface area contributed by atoms with Crippen LogP contribution in [0.4, 0.5) is 0 Å². The van der Waals surface area contributed by atoms with E-state index in [2.05, 4.69) is 15.0 Å². The third kappa shape index (κ3) is 2.85. The number of ether oxygens (including phenoxy) is 1. The topological polar surface area (TPSA) is 107 Å². The van der Waals surface area contributed by atoms with Crippen LogP contribution < -0.4 is 0 Å². The van der Waals surface area contributed by atoms with Crippen molar-refractivity contribution in [2.45, 2.75) is 11.8 Å². The minimum Gasteiger partial charge on any atom is -0.464 e. The molecule has 0 bridgehead atoms. The molecule has 0 aliphatic rings. The summed E-state index contributed by atoms with van der Waals surface area (Å²) in [5.74, 6) is -0.763. The van der Waals surface area contributed by atoms with Crippen molar-refractivity contribution in [2.75, 3.05) is 7.11 Å². The molecule has 142 valence electrons. The van der Waals surface area contributed by atoms with Crippen LogP contribution in [0.3, 0.4) is 0 Å². The van der Waals surface area contributed by atoms with Crippen LogP contribution in [0.5, 0.6) is 0 Å². The van der Waals surface area contributed by atoms with Crippen LogP contribution in [0.25, 0.3) is 22.3 Å². The normalized spacial score (nSPS) is 11.6. The second kappa shape index (κ2) is 6.61. The van der Waals surface area contributed by atoms with E-state index in [4.69, 9.17) is 4.74 Å². The molecule has 0 spiro atoms. The Morgan fingerprint density at radius 3 is 2.61 bits per heavy atom. The van der Waals surface area contributed by atoms with Crippen molar-refractivity contribution in [3.63, 3.8) is 0 Å². The van der Waals surface area contributed by atoms with Crippen LogP contribution in [-0.4, -0.2) is 40.4 Å². The van der Waals surface area contributed by atoms with E-state index in [0.717, 1.165) is 9.54 Å². The van der Waals surface area contributed by atoms with Gasteiger partial charge in [-0.1, -0.05) is 17.7 Å². The van der Waals surface area contributed by atoms with E-state index in [1.807, 2.05) is 6.92 Å². The highest BCUT2D eigenvalue weighted by molar-refractivity contribution is 7.90. The number of nitrogens with one attached hydrogen (secondary N) is 1. The summed E-state index contributed by atoms with van der Waals surface area (Å²) in [6.45, 7) is 1.86. The average Bonchev–Trinajstić information content (AvgIpc) is 3.35. The lowest BCUT2D eigenvalue weighted by Gasteiger charge is -2.09. The predicted octanol–water partition coefficient (Wildman–Crippen LogP) is 2.76. The maximum absolute atomic E-state index is 13.2. The molecule has 0 aliphatic heterocycles. The number of hydrogen-bond acceptors (Lipinski definition) is 6. The summed E-state index contributed by atoms with van der Waals surface area (Å²) in [5.41, 5.74) is 2.40. The van der Waals surface area contributed by atoms with Crippen molar-refractivity contribution in [1.82, 2.24) is 18.9 Å². The molecule has 9 heteroatoms. The maximum Gasteiger partial charge on any atom is 0.355 e. The first-order chi connectivity index (χ1) is 13.4. The number of aromatic nitrogens is 4. The average molecular weight is 396 g/mol. The number of carbonyl (C=O) groups excluding carboxylic acids is 1. The Bertz CT molecular complexity index is 1290. The summed E-state index contributed by atoms with van der Waals surface area (Å²) in [6, 6.07) is 9.63. The molecule has 4 aromatic rings. The zero-order chi connectivity index (χ0) is 19.9. The fourth-order valence-corrected chi connectivity index (χ4v) is 4.30. The third-order valence-electron chi connectivity index (χ3n) is 4.39. The van der Waals surface area contributed by atoms with Crippen LogP contribution in [0, 0.1) is 6.92 Å². The molecule has 0 aliphatic carbocycles. The fourth-order valence-electron chi connectivity index (χ4n) is 2.95. The van der Waals surface area contributed by atoms with E-state index in [0.29, 0.717) is 22.3 Å². The first-order valence-corrected chi connectivity index (χ1v) is 9.77. The zero-order valence-electron chi connectivity index (χ0n) is 15.1. The number of carbonyl (C=O) groups is 1. The van der Waals surface area contributed by atoms with Crippen molar-refractivity contribution < 1.29 is 17.9 Å². The Morgan fingerprint density at radius 1 is 1.14 bits per heavy atom. The zero-order valence-corrected chi connectivity index (χ0v) is 15.9. The Balaban J connectivity index is 1.94. The van der Waals surface area contributed by atoms with E-state index in [1.165, 1.54) is 37.8 Å². The van der Waals surface area contributed by atoms with Gasteiger partial charge >= 0.3 is 5.97 Å². The molecule has 28 heavy (non-hydrogen) atoms. The van der Waals surface area contributed by atoms with Gasteiger partial charge in [0.15, 0.2) is 0 Å². The van der Waals surface area contributed by atoms with Gasteiger partial charge < -0.3 is 9.72 Å². The molecule has 1 aromatic carbocycles. The molecule has 1 N–H and O–H groups in total. The summed E-state index contributed by atoms with van der Waals surface area (Å²) < 4.78 is 32.0. The van der Waals surface area contributed by atoms with Gasteiger partial charge in [0, 0.05) is 23.3 Å². The second-order valence-electron chi connectivity index (χ2n) is 6.18. The lowest BCUT2D eigenvalue weighted by Crippen LogP contribution is -2.18. The lowest BCUT2D eigenvalue weighted by molar-refractivity contribution is 0.0593. The molecule has 3 heterocycles. The maximum atomic E-state index is 13.2. The van der Waals surface area contributed by atoms with E-state index in [1.54, 1.807) is 24.4 Å². The van der Waals surface area contributed by atoms with Crippen LogP contribution in [0.2, 0.25) is 0 Å². The van der Waals surface area contributed by atoms with Gasteiger partial charge in [-0.15, -0.1) is 0 Å². The minimum absolute atomic E-state index is 0.0693. The summed E-state index contributed by atoms with van der Waals surface area (Å²) in [7, 11) is -2.80. The van der Waals surface area contributed by atoms with Gasteiger partial charge in [0.2, 0.25) is 0 Å². The van der Waals surface area contributed by atoms with Gasteiger partial charge in [-0.2, -0.15) is 0 Å². The van der Waals surface area contributed by atoms with E-state index >= 15 is 0 Å². The molecule has 0 saturated carbocycles. The standard InChI is InChI=1S/C19H16N4O4S/c1-12-3-5-14(6-4-12)28(25,26)23-10-13(9-16(23)19(24)27-2)17-15-7-8-20-18(15)22-11-21-17/h3-11H,1-2H3,(H,20,21,22). The number of nitrogens with zero attached hydrogens (tertiary/aromatic N) is 3. The molecule has 8 nitrogen and oxygen atoms in total. The molecule has 0 amide bonds. The highest BCUT2D eigenvalue weighted by Crippen LogP contribution is 2.29. The number of esters is 1. The van der Waals surface area contributed by atoms with E-state index in [-0.39, 0.29) is 10.6 Å². The molecule has 0 atom stereocenters. The summed E-state index contributed by atoms with van der Waals surface area (Å²) in [6.07, 6.45) is 4.46. The van der Waals surface area contributed by atoms with Crippen molar-refractivity contribution in [3.8, 4) is 11.3 Å². The Labute approximate surface area is 160 Å². The van der Waals surface area contributed by atoms with Crippen molar-refractivity contribution in [1.29, 1.82) is 0 Å². The SMILES string of the molecule is COC(=O)c1cc(-c2ncnc3[nH]ccc23)cn1S(=O)(=O)c1ccc(C)cc1. The van der Waals surface area contributed by atoms with Gasteiger partial charge in [0.05, 0.1) is 17.7 Å². The number of hydrogen-bond donors (Lipinski definition) is 1. The third-order valence-corrected chi connectivity index (χ3v) is 6.07. The molecule has 0 saturated heterocycles. The number of aromatic amines is 1. The quantitative estimate of drug-likeness (QED) is 0.532. The number of aryl methyl sites for hydroxylation is 1. The van der Waals surface area contributed by atoms with E-state index < -0.39 is 16.0 Å². The second-order valence-corrected chi connectivity index (χ2v) is 8.00. The number of fused-ring (bicyclic) bond motifs is 1. The molecule has 0 radical (unpaired) electrons. The van der Waals surface area contributed by atoms with Crippen molar-refractivity contribution in [2.24, 2.45) is 0 Å². The molecular formula is C19H16N4O4S. The van der Waals surface area contributed by atoms with Gasteiger partial charge in [-0.3, -0.25) is 0 Å². The highest BCUT2D eigenvalue weighted by Gasteiger charge is 2.26. The van der Waals surface area contributed by atoms with Crippen LogP contribution in [-0.2, 0) is 14.8 Å². The molecular weight excluding hydrogens is 380 g/mol. The molecule has 0 fully saturated rings. The van der Waals surface area contributed by atoms with Crippen LogP contribution in [0.1, 0.15) is 16.1 Å². The van der Waals surface area contributed by atoms with Gasteiger partial charge in [-0.05, 0) is 31.2 Å². The first kappa shape index (κ1) is 17.9. The summed E-state index contributed by atoms with van der Waals surface area (Å²) >= 11 is 0. The number of H-pyrrole nitrogens is 1. The molecule has 0 unspecified atom stereocenters.